The van der Waals surface area contributed by atoms with Gasteiger partial charge in [0.2, 0.25) is 0 Å². The van der Waals surface area contributed by atoms with Crippen LogP contribution in [0.2, 0.25) is 0 Å². The molecule has 3 rings (SSSR count). The molecule has 5 heteroatoms. The van der Waals surface area contributed by atoms with Gasteiger partial charge in [0.1, 0.15) is 5.82 Å². The molecule has 4 nitrogen and oxygen atoms in total. The molecule has 152 valence electrons. The average Bonchev–Trinajstić information content (AvgIpc) is 2.93. The quantitative estimate of drug-likeness (QED) is 0.517. The van der Waals surface area contributed by atoms with Gasteiger partial charge in [-0.2, -0.15) is 0 Å². The van der Waals surface area contributed by atoms with Crippen LogP contribution in [0.3, 0.4) is 0 Å². The minimum absolute atomic E-state index is 0.288. The van der Waals surface area contributed by atoms with Gasteiger partial charge in [0.15, 0.2) is 0 Å². The van der Waals surface area contributed by atoms with E-state index in [1.807, 2.05) is 42.7 Å². The fraction of sp³-hybridized carbons (Fsp3) is 0.292. The summed E-state index contributed by atoms with van der Waals surface area (Å²) in [5, 5.41) is 13.1. The number of aromatic nitrogens is 1. The molecule has 0 saturated carbocycles. The highest BCUT2D eigenvalue weighted by molar-refractivity contribution is 5.91. The molecule has 0 aliphatic rings. The molecule has 0 fully saturated rings. The Bertz CT molecular complexity index is 980. The van der Waals surface area contributed by atoms with E-state index in [2.05, 4.69) is 17.4 Å². The predicted molar refractivity (Wildman–Crippen MR) is 113 cm³/mol. The number of hydrogen-bond donors (Lipinski definition) is 2. The van der Waals surface area contributed by atoms with Gasteiger partial charge in [-0.05, 0) is 56.5 Å². The summed E-state index contributed by atoms with van der Waals surface area (Å²) in [6.45, 7) is 5.50. The summed E-state index contributed by atoms with van der Waals surface area (Å²) in [5.41, 5.74) is 4.85. The second-order valence-electron chi connectivity index (χ2n) is 7.31. The molecule has 0 atom stereocenters. The largest absolute Gasteiger partial charge is 0.478 e. The van der Waals surface area contributed by atoms with Crippen LogP contribution in [-0.4, -0.2) is 22.2 Å². The van der Waals surface area contributed by atoms with E-state index in [0.717, 1.165) is 36.2 Å². The maximum Gasteiger partial charge on any atom is 0.337 e. The molecule has 0 aliphatic heterocycles. The molecule has 0 amide bonds. The zero-order valence-corrected chi connectivity index (χ0v) is 16.9. The first-order chi connectivity index (χ1) is 14.0. The Balaban J connectivity index is 1.69. The van der Waals surface area contributed by atoms with Crippen LogP contribution < -0.4 is 5.32 Å². The second kappa shape index (κ2) is 9.52. The summed E-state index contributed by atoms with van der Waals surface area (Å²) < 4.78 is 15.5. The van der Waals surface area contributed by atoms with E-state index >= 15 is 0 Å². The topological polar surface area (TPSA) is 54.3 Å². The molecular weight excluding hydrogens is 367 g/mol. The van der Waals surface area contributed by atoms with E-state index < -0.39 is 5.97 Å². The molecule has 0 bridgehead atoms. The number of benzene rings is 2. The van der Waals surface area contributed by atoms with Crippen molar-refractivity contribution in [2.24, 2.45) is 0 Å². The first-order valence-corrected chi connectivity index (χ1v) is 9.88. The Morgan fingerprint density at radius 2 is 1.76 bits per heavy atom. The van der Waals surface area contributed by atoms with Crippen LogP contribution in [-0.2, 0) is 19.5 Å². The number of halogens is 1. The van der Waals surface area contributed by atoms with E-state index in [9.17, 15) is 14.3 Å². The molecule has 0 unspecified atom stereocenters. The standard InChI is InChI=1S/C24H27FN2O2/c1-17-22(15-26-13-7-11-19-8-4-3-5-9-19)23(24(28)29)18(2)27(17)16-20-10-6-12-21(25)14-20/h3-6,8-10,12,14,26H,7,11,13,15-16H2,1-2H3,(H,28,29). The van der Waals surface area contributed by atoms with E-state index in [-0.39, 0.29) is 5.82 Å². The minimum atomic E-state index is -0.926. The van der Waals surface area contributed by atoms with Crippen molar-refractivity contribution < 1.29 is 14.3 Å². The number of aryl methyl sites for hydroxylation is 1. The number of carboxylic acids is 1. The molecule has 3 aromatic rings. The highest BCUT2D eigenvalue weighted by atomic mass is 19.1. The lowest BCUT2D eigenvalue weighted by molar-refractivity contribution is 0.0694. The van der Waals surface area contributed by atoms with Crippen molar-refractivity contribution in [2.75, 3.05) is 6.54 Å². The summed E-state index contributed by atoms with van der Waals surface area (Å²) in [4.78, 5) is 11.9. The number of nitrogens with one attached hydrogen (secondary N) is 1. The molecule has 0 aliphatic carbocycles. The molecule has 29 heavy (non-hydrogen) atoms. The van der Waals surface area contributed by atoms with Crippen molar-refractivity contribution in [3.05, 3.63) is 94.1 Å². The van der Waals surface area contributed by atoms with Gasteiger partial charge in [-0.1, -0.05) is 42.5 Å². The Morgan fingerprint density at radius 3 is 2.45 bits per heavy atom. The van der Waals surface area contributed by atoms with Gasteiger partial charge < -0.3 is 15.0 Å². The minimum Gasteiger partial charge on any atom is -0.478 e. The Labute approximate surface area is 171 Å². The normalized spacial score (nSPS) is 11.0. The summed E-state index contributed by atoms with van der Waals surface area (Å²) in [6.07, 6.45) is 1.96. The molecule has 1 heterocycles. The van der Waals surface area contributed by atoms with Crippen molar-refractivity contribution in [3.63, 3.8) is 0 Å². The van der Waals surface area contributed by atoms with Gasteiger partial charge in [-0.3, -0.25) is 0 Å². The summed E-state index contributed by atoms with van der Waals surface area (Å²) in [5.74, 6) is -1.21. The number of carboxylic acid groups (broad SMARTS) is 1. The van der Waals surface area contributed by atoms with Crippen molar-refractivity contribution in [2.45, 2.75) is 39.8 Å². The van der Waals surface area contributed by atoms with Gasteiger partial charge in [0, 0.05) is 30.0 Å². The van der Waals surface area contributed by atoms with Crippen molar-refractivity contribution in [1.29, 1.82) is 0 Å². The molecule has 0 saturated heterocycles. The van der Waals surface area contributed by atoms with Gasteiger partial charge in [-0.25, -0.2) is 9.18 Å². The SMILES string of the molecule is Cc1c(CNCCCc2ccccc2)c(C(=O)O)c(C)n1Cc1cccc(F)c1. The lowest BCUT2D eigenvalue weighted by atomic mass is 10.1. The van der Waals surface area contributed by atoms with Gasteiger partial charge in [0.25, 0.3) is 0 Å². The van der Waals surface area contributed by atoms with Crippen LogP contribution in [0.1, 0.15) is 44.9 Å². The highest BCUT2D eigenvalue weighted by Gasteiger charge is 2.22. The average molecular weight is 394 g/mol. The van der Waals surface area contributed by atoms with Gasteiger partial charge in [0.05, 0.1) is 5.56 Å². The van der Waals surface area contributed by atoms with E-state index in [1.54, 1.807) is 6.07 Å². The van der Waals surface area contributed by atoms with Crippen molar-refractivity contribution in [1.82, 2.24) is 9.88 Å². The lowest BCUT2D eigenvalue weighted by Crippen LogP contribution is -2.17. The van der Waals surface area contributed by atoms with Crippen LogP contribution in [0, 0.1) is 19.7 Å². The zero-order chi connectivity index (χ0) is 20.8. The van der Waals surface area contributed by atoms with Crippen molar-refractivity contribution >= 4 is 5.97 Å². The van der Waals surface area contributed by atoms with Crippen LogP contribution in [0.5, 0.6) is 0 Å². The summed E-state index contributed by atoms with van der Waals surface area (Å²) in [7, 11) is 0. The Morgan fingerprint density at radius 1 is 1.03 bits per heavy atom. The van der Waals surface area contributed by atoms with Crippen LogP contribution in [0.4, 0.5) is 4.39 Å². The number of rotatable bonds is 9. The van der Waals surface area contributed by atoms with Crippen LogP contribution in [0.25, 0.3) is 0 Å². The third-order valence-corrected chi connectivity index (χ3v) is 5.32. The first-order valence-electron chi connectivity index (χ1n) is 9.88. The first kappa shape index (κ1) is 20.8. The van der Waals surface area contributed by atoms with Gasteiger partial charge in [-0.15, -0.1) is 0 Å². The third-order valence-electron chi connectivity index (χ3n) is 5.32. The zero-order valence-electron chi connectivity index (χ0n) is 16.9. The lowest BCUT2D eigenvalue weighted by Gasteiger charge is -2.10. The summed E-state index contributed by atoms with van der Waals surface area (Å²) in [6, 6.07) is 16.7. The smallest absolute Gasteiger partial charge is 0.337 e. The summed E-state index contributed by atoms with van der Waals surface area (Å²) >= 11 is 0. The Hall–Kier alpha value is -2.92. The number of hydrogen-bond acceptors (Lipinski definition) is 2. The van der Waals surface area contributed by atoms with E-state index in [1.165, 1.54) is 17.7 Å². The van der Waals surface area contributed by atoms with Crippen LogP contribution in [0.15, 0.2) is 54.6 Å². The maximum absolute atomic E-state index is 13.5. The monoisotopic (exact) mass is 394 g/mol. The second-order valence-corrected chi connectivity index (χ2v) is 7.31. The predicted octanol–water partition coefficient (Wildman–Crippen LogP) is 4.71. The number of carbonyl (C=O) groups is 1. The van der Waals surface area contributed by atoms with Crippen molar-refractivity contribution in [3.8, 4) is 0 Å². The fourth-order valence-corrected chi connectivity index (χ4v) is 3.78. The number of aromatic carboxylic acids is 1. The molecule has 1 aromatic heterocycles. The van der Waals surface area contributed by atoms with E-state index in [4.69, 9.17) is 0 Å². The fourth-order valence-electron chi connectivity index (χ4n) is 3.78. The maximum atomic E-state index is 13.5. The molecule has 0 spiro atoms. The molecule has 2 aromatic carbocycles. The van der Waals surface area contributed by atoms with Crippen LogP contribution >= 0.6 is 0 Å². The van der Waals surface area contributed by atoms with E-state index in [0.29, 0.717) is 24.3 Å². The third kappa shape index (κ3) is 5.12. The molecular formula is C24H27FN2O2. The van der Waals surface area contributed by atoms with Gasteiger partial charge >= 0.3 is 5.97 Å². The molecule has 0 radical (unpaired) electrons. The molecule has 2 N–H and O–H groups in total. The highest BCUT2D eigenvalue weighted by Crippen LogP contribution is 2.24. The number of nitrogens with zero attached hydrogens (tertiary/aromatic N) is 1. The Kier molecular flexibility index (Phi) is 6.83.